The van der Waals surface area contributed by atoms with Crippen molar-refractivity contribution in [1.29, 1.82) is 0 Å². The van der Waals surface area contributed by atoms with Gasteiger partial charge in [-0.05, 0) is 31.4 Å². The molecule has 0 aliphatic carbocycles. The van der Waals surface area contributed by atoms with Crippen LogP contribution in [-0.2, 0) is 4.74 Å². The number of aryl methyl sites for hydroxylation is 1. The van der Waals surface area contributed by atoms with Gasteiger partial charge < -0.3 is 15.2 Å². The number of carboxylic acid groups (broad SMARTS) is 1. The summed E-state index contributed by atoms with van der Waals surface area (Å²) < 4.78 is 5.47. The fourth-order valence-electron chi connectivity index (χ4n) is 1.71. The molecule has 0 aromatic heterocycles. The molecule has 0 bridgehead atoms. The number of hydrogen-bond acceptors (Lipinski definition) is 3. The van der Waals surface area contributed by atoms with Gasteiger partial charge in [-0.1, -0.05) is 25.5 Å². The summed E-state index contributed by atoms with van der Waals surface area (Å²) in [6, 6.07) is 5.40. The lowest BCUT2D eigenvalue weighted by molar-refractivity contribution is 0.0698. The van der Waals surface area contributed by atoms with Gasteiger partial charge in [0.1, 0.15) is 0 Å². The zero-order chi connectivity index (χ0) is 14.3. The summed E-state index contributed by atoms with van der Waals surface area (Å²) in [6.07, 6.45) is 0.861. The van der Waals surface area contributed by atoms with Crippen molar-refractivity contribution in [2.45, 2.75) is 27.2 Å². The lowest BCUT2D eigenvalue weighted by Gasteiger charge is -2.11. The van der Waals surface area contributed by atoms with Crippen molar-refractivity contribution in [2.24, 2.45) is 5.92 Å². The maximum atomic E-state index is 11.1. The molecule has 0 saturated heterocycles. The van der Waals surface area contributed by atoms with Crippen molar-refractivity contribution in [2.75, 3.05) is 25.1 Å². The van der Waals surface area contributed by atoms with Gasteiger partial charge in [0.2, 0.25) is 0 Å². The van der Waals surface area contributed by atoms with E-state index in [4.69, 9.17) is 9.84 Å². The average Bonchev–Trinajstić information content (AvgIpc) is 2.34. The van der Waals surface area contributed by atoms with Crippen LogP contribution in [0.1, 0.15) is 36.2 Å². The van der Waals surface area contributed by atoms with Crippen LogP contribution in [0.15, 0.2) is 18.2 Å². The Balaban J connectivity index is 2.39. The zero-order valence-corrected chi connectivity index (χ0v) is 11.9. The summed E-state index contributed by atoms with van der Waals surface area (Å²) >= 11 is 0. The number of carboxylic acids is 1. The number of anilines is 1. The minimum Gasteiger partial charge on any atom is -0.478 e. The van der Waals surface area contributed by atoms with E-state index < -0.39 is 5.97 Å². The van der Waals surface area contributed by atoms with Crippen molar-refractivity contribution < 1.29 is 14.6 Å². The highest BCUT2D eigenvalue weighted by molar-refractivity contribution is 5.94. The highest BCUT2D eigenvalue weighted by Crippen LogP contribution is 2.17. The lowest BCUT2D eigenvalue weighted by atomic mass is 10.1. The molecule has 0 heterocycles. The molecule has 0 radical (unpaired) electrons. The molecule has 1 aromatic rings. The van der Waals surface area contributed by atoms with Crippen LogP contribution in [-0.4, -0.2) is 30.8 Å². The molecule has 2 N–H and O–H groups in total. The highest BCUT2D eigenvalue weighted by atomic mass is 16.5. The molecule has 0 fully saturated rings. The van der Waals surface area contributed by atoms with Gasteiger partial charge in [0, 0.05) is 25.4 Å². The minimum absolute atomic E-state index is 0.322. The summed E-state index contributed by atoms with van der Waals surface area (Å²) in [6.45, 7) is 8.29. The fourth-order valence-corrected chi connectivity index (χ4v) is 1.71. The van der Waals surface area contributed by atoms with Crippen LogP contribution in [0.2, 0.25) is 0 Å². The van der Waals surface area contributed by atoms with Gasteiger partial charge in [-0.25, -0.2) is 4.79 Å². The normalized spacial score (nSPS) is 10.7. The summed E-state index contributed by atoms with van der Waals surface area (Å²) in [5, 5.41) is 12.3. The van der Waals surface area contributed by atoms with E-state index in [2.05, 4.69) is 19.2 Å². The predicted octanol–water partition coefficient (Wildman–Crippen LogP) is 3.17. The molecular weight excluding hydrogens is 242 g/mol. The lowest BCUT2D eigenvalue weighted by Crippen LogP contribution is -2.11. The Morgan fingerprint density at radius 3 is 2.79 bits per heavy atom. The first kappa shape index (κ1) is 15.5. The van der Waals surface area contributed by atoms with Crippen LogP contribution in [0.4, 0.5) is 5.69 Å². The minimum atomic E-state index is -0.901. The van der Waals surface area contributed by atoms with Crippen LogP contribution in [0, 0.1) is 12.8 Å². The number of hydrogen-bond donors (Lipinski definition) is 2. The van der Waals surface area contributed by atoms with Crippen LogP contribution in [0.25, 0.3) is 0 Å². The van der Waals surface area contributed by atoms with E-state index in [1.165, 1.54) is 0 Å². The van der Waals surface area contributed by atoms with E-state index in [1.807, 2.05) is 19.1 Å². The first-order chi connectivity index (χ1) is 9.00. The Morgan fingerprint density at radius 1 is 1.42 bits per heavy atom. The summed E-state index contributed by atoms with van der Waals surface area (Å²) in [7, 11) is 0. The van der Waals surface area contributed by atoms with Gasteiger partial charge in [0.05, 0.1) is 5.56 Å². The van der Waals surface area contributed by atoms with E-state index in [0.717, 1.165) is 18.6 Å². The number of aromatic carboxylic acids is 1. The Labute approximate surface area is 114 Å². The van der Waals surface area contributed by atoms with Gasteiger partial charge in [-0.2, -0.15) is 0 Å². The van der Waals surface area contributed by atoms with Gasteiger partial charge in [-0.15, -0.1) is 0 Å². The Bertz CT molecular complexity index is 416. The third kappa shape index (κ3) is 5.75. The molecule has 0 aliphatic heterocycles. The Hall–Kier alpha value is -1.55. The van der Waals surface area contributed by atoms with Crippen LogP contribution in [0.3, 0.4) is 0 Å². The van der Waals surface area contributed by atoms with Gasteiger partial charge in [0.25, 0.3) is 0 Å². The van der Waals surface area contributed by atoms with Crippen LogP contribution >= 0.6 is 0 Å². The number of nitrogens with one attached hydrogen (secondary N) is 1. The fraction of sp³-hybridized carbons (Fsp3) is 0.533. The van der Waals surface area contributed by atoms with E-state index in [9.17, 15) is 4.79 Å². The summed E-state index contributed by atoms with van der Waals surface area (Å²) in [5.74, 6) is -0.356. The Kier molecular flexibility index (Phi) is 6.36. The van der Waals surface area contributed by atoms with Crippen molar-refractivity contribution >= 4 is 11.7 Å². The second-order valence-electron chi connectivity index (χ2n) is 5.10. The maximum Gasteiger partial charge on any atom is 0.337 e. The number of benzene rings is 1. The molecule has 4 nitrogen and oxygen atoms in total. The van der Waals surface area contributed by atoms with Gasteiger partial charge >= 0.3 is 5.97 Å². The number of ether oxygens (including phenoxy) is 1. The summed E-state index contributed by atoms with van der Waals surface area (Å²) in [4.78, 5) is 11.1. The van der Waals surface area contributed by atoms with E-state index in [-0.39, 0.29) is 0 Å². The Morgan fingerprint density at radius 2 is 2.16 bits per heavy atom. The van der Waals surface area contributed by atoms with Crippen molar-refractivity contribution in [3.05, 3.63) is 29.3 Å². The van der Waals surface area contributed by atoms with E-state index >= 15 is 0 Å². The van der Waals surface area contributed by atoms with Crippen LogP contribution in [0.5, 0.6) is 0 Å². The highest BCUT2D eigenvalue weighted by Gasteiger charge is 2.09. The molecule has 1 aromatic carbocycles. The monoisotopic (exact) mass is 265 g/mol. The molecule has 1 rings (SSSR count). The third-order valence-electron chi connectivity index (χ3n) is 2.64. The van der Waals surface area contributed by atoms with Gasteiger partial charge in [-0.3, -0.25) is 0 Å². The quantitative estimate of drug-likeness (QED) is 0.709. The van der Waals surface area contributed by atoms with E-state index in [0.29, 0.717) is 30.3 Å². The largest absolute Gasteiger partial charge is 0.478 e. The van der Waals surface area contributed by atoms with Crippen molar-refractivity contribution in [1.82, 2.24) is 0 Å². The summed E-state index contributed by atoms with van der Waals surface area (Å²) in [5.41, 5.74) is 1.94. The van der Waals surface area contributed by atoms with E-state index in [1.54, 1.807) is 6.07 Å². The van der Waals surface area contributed by atoms with Crippen molar-refractivity contribution in [3.8, 4) is 0 Å². The zero-order valence-electron chi connectivity index (χ0n) is 11.9. The molecule has 106 valence electrons. The molecule has 4 heteroatoms. The predicted molar refractivity (Wildman–Crippen MR) is 76.9 cm³/mol. The SMILES string of the molecule is Cc1ccc(NCCCOCC(C)C)c(C(=O)O)c1. The molecule has 19 heavy (non-hydrogen) atoms. The molecule has 0 unspecified atom stereocenters. The first-order valence-corrected chi connectivity index (χ1v) is 6.66. The molecule has 0 saturated carbocycles. The first-order valence-electron chi connectivity index (χ1n) is 6.66. The molecule has 0 spiro atoms. The number of carbonyl (C=O) groups is 1. The molecule has 0 amide bonds. The van der Waals surface area contributed by atoms with Gasteiger partial charge in [0.15, 0.2) is 0 Å². The average molecular weight is 265 g/mol. The molecule has 0 aliphatic rings. The molecule has 0 atom stereocenters. The maximum absolute atomic E-state index is 11.1. The smallest absolute Gasteiger partial charge is 0.337 e. The second-order valence-corrected chi connectivity index (χ2v) is 5.10. The second kappa shape index (κ2) is 7.79. The standard InChI is InChI=1S/C15H23NO3/c1-11(2)10-19-8-4-7-16-14-6-5-12(3)9-13(14)15(17)18/h5-6,9,11,16H,4,7-8,10H2,1-3H3,(H,17,18). The van der Waals surface area contributed by atoms with Crippen LogP contribution < -0.4 is 5.32 Å². The number of rotatable bonds is 8. The topological polar surface area (TPSA) is 58.6 Å². The van der Waals surface area contributed by atoms with Crippen molar-refractivity contribution in [3.63, 3.8) is 0 Å². The third-order valence-corrected chi connectivity index (χ3v) is 2.64. The molecular formula is C15H23NO3.